The summed E-state index contributed by atoms with van der Waals surface area (Å²) in [7, 11) is 0. The molecule has 1 fully saturated rings. The van der Waals surface area contributed by atoms with Crippen molar-refractivity contribution in [3.8, 4) is 11.3 Å². The Morgan fingerprint density at radius 2 is 2.11 bits per heavy atom. The van der Waals surface area contributed by atoms with E-state index >= 15 is 0 Å². The van der Waals surface area contributed by atoms with Gasteiger partial charge in [-0.25, -0.2) is 0 Å². The highest BCUT2D eigenvalue weighted by Crippen LogP contribution is 2.31. The molecule has 0 spiro atoms. The van der Waals surface area contributed by atoms with Crippen molar-refractivity contribution in [2.45, 2.75) is 44.9 Å². The minimum Gasteiger partial charge on any atom is -0.387 e. The van der Waals surface area contributed by atoms with Crippen LogP contribution in [0.4, 0.5) is 0 Å². The van der Waals surface area contributed by atoms with Crippen LogP contribution < -0.4 is 5.32 Å². The van der Waals surface area contributed by atoms with Crippen molar-refractivity contribution in [2.24, 2.45) is 5.92 Å². The zero-order valence-corrected chi connectivity index (χ0v) is 15.8. The SMILES string of the molecule is C[C@@H](O)c1ccn(CC[C@H]2C[C@H](NC(=O)c3cc(-c4ccccc4)no3)C2)n1. The first-order chi connectivity index (χ1) is 13.6. The number of amides is 1. The van der Waals surface area contributed by atoms with Crippen molar-refractivity contribution in [1.82, 2.24) is 20.3 Å². The van der Waals surface area contributed by atoms with E-state index < -0.39 is 6.10 Å². The lowest BCUT2D eigenvalue weighted by Gasteiger charge is -2.35. The Bertz CT molecular complexity index is 926. The van der Waals surface area contributed by atoms with Gasteiger partial charge in [-0.2, -0.15) is 5.10 Å². The normalized spacial score (nSPS) is 19.8. The highest BCUT2D eigenvalue weighted by atomic mass is 16.5. The van der Waals surface area contributed by atoms with Crippen LogP contribution in [0, 0.1) is 5.92 Å². The number of aliphatic hydroxyl groups is 1. The molecular weight excluding hydrogens is 356 g/mol. The lowest BCUT2D eigenvalue weighted by Crippen LogP contribution is -2.44. The van der Waals surface area contributed by atoms with Crippen LogP contribution in [0.25, 0.3) is 11.3 Å². The lowest BCUT2D eigenvalue weighted by molar-refractivity contribution is 0.0846. The van der Waals surface area contributed by atoms with Gasteiger partial charge < -0.3 is 14.9 Å². The van der Waals surface area contributed by atoms with Gasteiger partial charge in [-0.05, 0) is 38.2 Å². The molecule has 0 unspecified atom stereocenters. The molecule has 1 aliphatic rings. The standard InChI is InChI=1S/C21H24N4O3/c1-14(26)18-8-10-25(23-18)9-7-15-11-17(12-15)22-21(27)20-13-19(24-28-20)16-5-3-2-4-6-16/h2-6,8,10,13-15,17,26H,7,9,11-12H2,1H3,(H,22,27)/t14-,15-,17-/m1/s1. The van der Waals surface area contributed by atoms with Crippen molar-refractivity contribution in [1.29, 1.82) is 0 Å². The molecule has 1 atom stereocenters. The third-order valence-corrected chi connectivity index (χ3v) is 5.23. The maximum atomic E-state index is 12.4. The van der Waals surface area contributed by atoms with E-state index in [0.717, 1.165) is 31.4 Å². The van der Waals surface area contributed by atoms with E-state index in [1.165, 1.54) is 0 Å². The summed E-state index contributed by atoms with van der Waals surface area (Å²) >= 11 is 0. The molecule has 0 radical (unpaired) electrons. The van der Waals surface area contributed by atoms with Gasteiger partial charge in [-0.15, -0.1) is 0 Å². The molecule has 7 heteroatoms. The molecule has 1 aromatic carbocycles. The molecule has 7 nitrogen and oxygen atoms in total. The van der Waals surface area contributed by atoms with Crippen LogP contribution in [0.15, 0.2) is 53.2 Å². The Kier molecular flexibility index (Phi) is 5.25. The molecule has 1 aliphatic carbocycles. The van der Waals surface area contributed by atoms with E-state index in [1.54, 1.807) is 13.0 Å². The monoisotopic (exact) mass is 380 g/mol. The zero-order chi connectivity index (χ0) is 19.5. The fourth-order valence-corrected chi connectivity index (χ4v) is 3.51. The van der Waals surface area contributed by atoms with Gasteiger partial charge in [-0.1, -0.05) is 35.5 Å². The summed E-state index contributed by atoms with van der Waals surface area (Å²) in [6.45, 7) is 2.53. The van der Waals surface area contributed by atoms with Gasteiger partial charge >= 0.3 is 0 Å². The predicted molar refractivity (Wildman–Crippen MR) is 103 cm³/mol. The number of nitrogens with zero attached hydrogens (tertiary/aromatic N) is 3. The zero-order valence-electron chi connectivity index (χ0n) is 15.8. The van der Waals surface area contributed by atoms with Crippen molar-refractivity contribution >= 4 is 5.91 Å². The Labute approximate surface area is 163 Å². The fourth-order valence-electron chi connectivity index (χ4n) is 3.51. The molecule has 1 saturated carbocycles. The van der Waals surface area contributed by atoms with Gasteiger partial charge in [0.05, 0.1) is 11.8 Å². The Hall–Kier alpha value is -2.93. The van der Waals surface area contributed by atoms with E-state index in [4.69, 9.17) is 4.52 Å². The maximum absolute atomic E-state index is 12.4. The average molecular weight is 380 g/mol. The van der Waals surface area contributed by atoms with Gasteiger partial charge in [0.25, 0.3) is 5.91 Å². The lowest BCUT2D eigenvalue weighted by atomic mass is 9.78. The topological polar surface area (TPSA) is 93.2 Å². The molecule has 2 heterocycles. The first-order valence-corrected chi connectivity index (χ1v) is 9.63. The number of aryl methyl sites for hydroxylation is 1. The van der Waals surface area contributed by atoms with Crippen molar-refractivity contribution < 1.29 is 14.4 Å². The summed E-state index contributed by atoms with van der Waals surface area (Å²) in [6.07, 6.45) is 4.27. The highest BCUT2D eigenvalue weighted by molar-refractivity contribution is 5.92. The molecule has 0 saturated heterocycles. The summed E-state index contributed by atoms with van der Waals surface area (Å²) in [5.41, 5.74) is 2.28. The number of carbonyl (C=O) groups is 1. The third-order valence-electron chi connectivity index (χ3n) is 5.23. The van der Waals surface area contributed by atoms with Crippen LogP contribution in [-0.2, 0) is 6.54 Å². The largest absolute Gasteiger partial charge is 0.387 e. The number of hydrogen-bond donors (Lipinski definition) is 2. The number of aromatic nitrogens is 3. The van der Waals surface area contributed by atoms with Crippen LogP contribution in [0.5, 0.6) is 0 Å². The molecule has 2 N–H and O–H groups in total. The number of hydrogen-bond acceptors (Lipinski definition) is 5. The first kappa shape index (κ1) is 18.4. The third kappa shape index (κ3) is 4.14. The van der Waals surface area contributed by atoms with Gasteiger partial charge in [-0.3, -0.25) is 9.48 Å². The summed E-state index contributed by atoms with van der Waals surface area (Å²) in [4.78, 5) is 12.4. The Morgan fingerprint density at radius 1 is 1.32 bits per heavy atom. The van der Waals surface area contributed by atoms with E-state index in [0.29, 0.717) is 17.3 Å². The highest BCUT2D eigenvalue weighted by Gasteiger charge is 2.31. The smallest absolute Gasteiger partial charge is 0.290 e. The van der Waals surface area contributed by atoms with Crippen molar-refractivity contribution in [2.75, 3.05) is 0 Å². The van der Waals surface area contributed by atoms with E-state index in [-0.39, 0.29) is 17.7 Å². The van der Waals surface area contributed by atoms with E-state index in [9.17, 15) is 9.90 Å². The number of nitrogens with one attached hydrogen (secondary N) is 1. The summed E-state index contributed by atoms with van der Waals surface area (Å²) in [6, 6.07) is 13.3. The molecule has 0 bridgehead atoms. The Morgan fingerprint density at radius 3 is 2.82 bits per heavy atom. The molecular formula is C21H24N4O3. The van der Waals surface area contributed by atoms with Crippen molar-refractivity contribution in [3.63, 3.8) is 0 Å². The van der Waals surface area contributed by atoms with Crippen LogP contribution in [-0.4, -0.2) is 32.0 Å². The molecule has 146 valence electrons. The number of aliphatic hydroxyl groups excluding tert-OH is 1. The van der Waals surface area contributed by atoms with Gasteiger partial charge in [0.15, 0.2) is 0 Å². The predicted octanol–water partition coefficient (Wildman–Crippen LogP) is 3.19. The average Bonchev–Trinajstić information content (AvgIpc) is 3.33. The summed E-state index contributed by atoms with van der Waals surface area (Å²) < 4.78 is 7.08. The second kappa shape index (κ2) is 7.98. The minimum absolute atomic E-state index is 0.174. The van der Waals surface area contributed by atoms with E-state index in [2.05, 4.69) is 15.6 Å². The van der Waals surface area contributed by atoms with Crippen LogP contribution in [0.1, 0.15) is 48.5 Å². The van der Waals surface area contributed by atoms with Gasteiger partial charge in [0.2, 0.25) is 5.76 Å². The molecule has 0 aliphatic heterocycles. The van der Waals surface area contributed by atoms with E-state index in [1.807, 2.05) is 47.3 Å². The summed E-state index contributed by atoms with van der Waals surface area (Å²) in [5, 5.41) is 20.9. The summed E-state index contributed by atoms with van der Waals surface area (Å²) in [5.74, 6) is 0.593. The van der Waals surface area contributed by atoms with Gasteiger partial charge in [0, 0.05) is 30.4 Å². The Balaban J connectivity index is 1.22. The molecule has 28 heavy (non-hydrogen) atoms. The quantitative estimate of drug-likeness (QED) is 0.657. The molecule has 4 rings (SSSR count). The molecule has 3 aromatic rings. The minimum atomic E-state index is -0.539. The maximum Gasteiger partial charge on any atom is 0.290 e. The molecule has 1 amide bonds. The first-order valence-electron chi connectivity index (χ1n) is 9.63. The fraction of sp³-hybridized carbons (Fsp3) is 0.381. The van der Waals surface area contributed by atoms with Gasteiger partial charge in [0.1, 0.15) is 5.69 Å². The second-order valence-electron chi connectivity index (χ2n) is 7.42. The van der Waals surface area contributed by atoms with Crippen molar-refractivity contribution in [3.05, 3.63) is 60.1 Å². The van der Waals surface area contributed by atoms with Crippen LogP contribution >= 0.6 is 0 Å². The number of benzene rings is 1. The number of carbonyl (C=O) groups excluding carboxylic acids is 1. The molecule has 2 aromatic heterocycles. The second-order valence-corrected chi connectivity index (χ2v) is 7.42. The number of rotatable bonds is 7. The van der Waals surface area contributed by atoms with Crippen LogP contribution in [0.2, 0.25) is 0 Å². The van der Waals surface area contributed by atoms with Crippen LogP contribution in [0.3, 0.4) is 0 Å².